The molecular formula is C16H23ClN2O2. The molecule has 3 rings (SSSR count). The van der Waals surface area contributed by atoms with Gasteiger partial charge < -0.3 is 15.0 Å². The Labute approximate surface area is 132 Å². The van der Waals surface area contributed by atoms with E-state index in [2.05, 4.69) is 17.3 Å². The molecule has 1 heterocycles. The monoisotopic (exact) mass is 310 g/mol. The van der Waals surface area contributed by atoms with Crippen LogP contribution in [0.3, 0.4) is 0 Å². The highest BCUT2D eigenvalue weighted by atomic mass is 35.5. The molecule has 0 spiro atoms. The Balaban J connectivity index is 0.00000161. The fraction of sp³-hybridized carbons (Fsp3) is 0.562. The van der Waals surface area contributed by atoms with Gasteiger partial charge in [0, 0.05) is 30.8 Å². The van der Waals surface area contributed by atoms with Crippen molar-refractivity contribution in [1.82, 2.24) is 4.90 Å². The molecule has 0 aromatic heterocycles. The van der Waals surface area contributed by atoms with Gasteiger partial charge in [-0.25, -0.2) is 0 Å². The summed E-state index contributed by atoms with van der Waals surface area (Å²) < 4.78 is 6.02. The van der Waals surface area contributed by atoms with Crippen LogP contribution < -0.4 is 10.1 Å². The average Bonchev–Trinajstić information content (AvgIpc) is 3.26. The smallest absolute Gasteiger partial charge is 0.227 e. The zero-order valence-electron chi connectivity index (χ0n) is 12.4. The van der Waals surface area contributed by atoms with Gasteiger partial charge in [0.15, 0.2) is 0 Å². The van der Waals surface area contributed by atoms with Gasteiger partial charge in [-0.3, -0.25) is 4.79 Å². The molecule has 1 saturated carbocycles. The molecule has 1 saturated heterocycles. The number of halogens is 1. The second-order valence-corrected chi connectivity index (χ2v) is 5.91. The molecule has 0 atom stereocenters. The maximum absolute atomic E-state index is 11.8. The molecule has 1 aliphatic heterocycles. The van der Waals surface area contributed by atoms with Crippen LogP contribution in [0.25, 0.3) is 0 Å². The van der Waals surface area contributed by atoms with E-state index in [0.717, 1.165) is 50.2 Å². The Morgan fingerprint density at radius 1 is 1.24 bits per heavy atom. The van der Waals surface area contributed by atoms with Crippen molar-refractivity contribution in [3.63, 3.8) is 0 Å². The highest BCUT2D eigenvalue weighted by Crippen LogP contribution is 2.30. The third-order valence-corrected chi connectivity index (χ3v) is 4.02. The number of nitrogens with zero attached hydrogens (tertiary/aromatic N) is 1. The molecule has 1 amide bonds. The second kappa shape index (κ2) is 7.14. The molecule has 5 heteroatoms. The van der Waals surface area contributed by atoms with Gasteiger partial charge in [-0.2, -0.15) is 0 Å². The van der Waals surface area contributed by atoms with Crippen LogP contribution in [0.15, 0.2) is 24.3 Å². The van der Waals surface area contributed by atoms with Crippen LogP contribution in [0.1, 0.15) is 25.7 Å². The first kappa shape index (κ1) is 16.1. The van der Waals surface area contributed by atoms with Crippen molar-refractivity contribution in [3.05, 3.63) is 24.3 Å². The van der Waals surface area contributed by atoms with Gasteiger partial charge in [0.2, 0.25) is 5.91 Å². The summed E-state index contributed by atoms with van der Waals surface area (Å²) in [6, 6.07) is 7.75. The molecule has 2 aliphatic rings. The van der Waals surface area contributed by atoms with Gasteiger partial charge in [0.1, 0.15) is 11.9 Å². The molecule has 116 valence electrons. The molecule has 21 heavy (non-hydrogen) atoms. The summed E-state index contributed by atoms with van der Waals surface area (Å²) in [6.07, 6.45) is 4.47. The highest BCUT2D eigenvalue weighted by molar-refractivity contribution is 5.94. The third kappa shape index (κ3) is 4.61. The van der Waals surface area contributed by atoms with Crippen LogP contribution in [0.4, 0.5) is 5.69 Å². The molecule has 2 fully saturated rings. The van der Waals surface area contributed by atoms with Crippen molar-refractivity contribution in [2.45, 2.75) is 31.8 Å². The lowest BCUT2D eigenvalue weighted by atomic mass is 10.1. The number of ether oxygens (including phenoxy) is 1. The van der Waals surface area contributed by atoms with Gasteiger partial charge in [-0.1, -0.05) is 6.07 Å². The molecule has 0 bridgehead atoms. The first-order chi connectivity index (χ1) is 9.70. The van der Waals surface area contributed by atoms with Crippen LogP contribution in [0.5, 0.6) is 5.75 Å². The fourth-order valence-electron chi connectivity index (χ4n) is 2.53. The maximum atomic E-state index is 11.8. The number of rotatable bonds is 4. The lowest BCUT2D eigenvalue weighted by Gasteiger charge is -2.29. The molecule has 1 aromatic rings. The normalized spacial score (nSPS) is 19.7. The lowest BCUT2D eigenvalue weighted by molar-refractivity contribution is -0.117. The number of carbonyl (C=O) groups is 1. The SMILES string of the molecule is CN1CCC(Oc2cccc(NC(=O)C3CC3)c2)CC1.Cl. The van der Waals surface area contributed by atoms with Gasteiger partial charge in [-0.15, -0.1) is 12.4 Å². The van der Waals surface area contributed by atoms with Crippen LogP contribution in [-0.2, 0) is 4.79 Å². The number of piperidine rings is 1. The van der Waals surface area contributed by atoms with Crippen molar-refractivity contribution >= 4 is 24.0 Å². The maximum Gasteiger partial charge on any atom is 0.227 e. The quantitative estimate of drug-likeness (QED) is 0.929. The third-order valence-electron chi connectivity index (χ3n) is 4.02. The van der Waals surface area contributed by atoms with Gasteiger partial charge in [0.25, 0.3) is 0 Å². The van der Waals surface area contributed by atoms with Gasteiger partial charge in [-0.05, 0) is 44.9 Å². The molecule has 0 radical (unpaired) electrons. The van der Waals surface area contributed by atoms with Crippen molar-refractivity contribution in [1.29, 1.82) is 0 Å². The predicted molar refractivity (Wildman–Crippen MR) is 86.2 cm³/mol. The Hall–Kier alpha value is -1.26. The summed E-state index contributed by atoms with van der Waals surface area (Å²) in [6.45, 7) is 2.17. The average molecular weight is 311 g/mol. The van der Waals surface area contributed by atoms with E-state index < -0.39 is 0 Å². The molecular weight excluding hydrogens is 288 g/mol. The van der Waals surface area contributed by atoms with Crippen molar-refractivity contribution in [3.8, 4) is 5.75 Å². The Morgan fingerprint density at radius 3 is 2.62 bits per heavy atom. The minimum absolute atomic E-state index is 0. The van der Waals surface area contributed by atoms with E-state index in [1.54, 1.807) is 0 Å². The van der Waals surface area contributed by atoms with E-state index in [4.69, 9.17) is 4.74 Å². The first-order valence-corrected chi connectivity index (χ1v) is 7.47. The molecule has 4 nitrogen and oxygen atoms in total. The van der Waals surface area contributed by atoms with Crippen LogP contribution >= 0.6 is 12.4 Å². The number of hydrogen-bond donors (Lipinski definition) is 1. The van der Waals surface area contributed by atoms with Crippen molar-refractivity contribution in [2.24, 2.45) is 5.92 Å². The molecule has 1 aliphatic carbocycles. The summed E-state index contributed by atoms with van der Waals surface area (Å²) in [5.74, 6) is 1.23. The number of amides is 1. The van der Waals surface area contributed by atoms with Gasteiger partial charge >= 0.3 is 0 Å². The minimum atomic E-state index is 0. The molecule has 1 aromatic carbocycles. The van der Waals surface area contributed by atoms with Gasteiger partial charge in [0.05, 0.1) is 0 Å². The molecule has 0 unspecified atom stereocenters. The minimum Gasteiger partial charge on any atom is -0.490 e. The predicted octanol–water partition coefficient (Wildman–Crippen LogP) is 2.93. The van der Waals surface area contributed by atoms with E-state index in [1.807, 2.05) is 24.3 Å². The largest absolute Gasteiger partial charge is 0.490 e. The van der Waals surface area contributed by atoms with E-state index >= 15 is 0 Å². The second-order valence-electron chi connectivity index (χ2n) is 5.91. The Kier molecular flexibility index (Phi) is 5.48. The van der Waals surface area contributed by atoms with E-state index in [-0.39, 0.29) is 24.2 Å². The van der Waals surface area contributed by atoms with Crippen LogP contribution in [-0.4, -0.2) is 37.0 Å². The number of benzene rings is 1. The van der Waals surface area contributed by atoms with E-state index in [9.17, 15) is 4.79 Å². The zero-order chi connectivity index (χ0) is 13.9. The van der Waals surface area contributed by atoms with Crippen molar-refractivity contribution < 1.29 is 9.53 Å². The Morgan fingerprint density at radius 2 is 1.95 bits per heavy atom. The summed E-state index contributed by atoms with van der Waals surface area (Å²) >= 11 is 0. The standard InChI is InChI=1S/C16H22N2O2.ClH/c1-18-9-7-14(8-10-18)20-15-4-2-3-13(11-15)17-16(19)12-5-6-12;/h2-4,11-12,14H,5-10H2,1H3,(H,17,19);1H. The lowest BCUT2D eigenvalue weighted by Crippen LogP contribution is -2.35. The van der Waals surface area contributed by atoms with E-state index in [1.165, 1.54) is 0 Å². The number of anilines is 1. The number of likely N-dealkylation sites (tertiary alicyclic amines) is 1. The number of carbonyl (C=O) groups excluding carboxylic acids is 1. The first-order valence-electron chi connectivity index (χ1n) is 7.47. The highest BCUT2D eigenvalue weighted by Gasteiger charge is 2.29. The summed E-state index contributed by atoms with van der Waals surface area (Å²) in [5, 5.41) is 2.96. The summed E-state index contributed by atoms with van der Waals surface area (Å²) in [7, 11) is 2.14. The topological polar surface area (TPSA) is 41.6 Å². The number of nitrogens with one attached hydrogen (secondary N) is 1. The van der Waals surface area contributed by atoms with E-state index in [0.29, 0.717) is 6.10 Å². The van der Waals surface area contributed by atoms with Crippen LogP contribution in [0, 0.1) is 5.92 Å². The van der Waals surface area contributed by atoms with Crippen molar-refractivity contribution in [2.75, 3.05) is 25.5 Å². The Bertz CT molecular complexity index is 483. The summed E-state index contributed by atoms with van der Waals surface area (Å²) in [5.41, 5.74) is 0.840. The van der Waals surface area contributed by atoms with Crippen LogP contribution in [0.2, 0.25) is 0 Å². The zero-order valence-corrected chi connectivity index (χ0v) is 13.2. The summed E-state index contributed by atoms with van der Waals surface area (Å²) in [4.78, 5) is 14.1. The fourth-order valence-corrected chi connectivity index (χ4v) is 2.53. The number of hydrogen-bond acceptors (Lipinski definition) is 3. The molecule has 1 N–H and O–H groups in total.